The molecule has 0 fully saturated rings. The molecule has 2 nitrogen and oxygen atoms in total. The molecule has 0 unspecified atom stereocenters. The van der Waals surface area contributed by atoms with Gasteiger partial charge in [0.15, 0.2) is 0 Å². The molecule has 162 valence electrons. The Labute approximate surface area is 211 Å². The number of benzene rings is 2. The highest BCUT2D eigenvalue weighted by Crippen LogP contribution is 2.48. The Kier molecular flexibility index (Phi) is 4.04. The zero-order chi connectivity index (χ0) is 22.2. The van der Waals surface area contributed by atoms with Crippen molar-refractivity contribution in [3.05, 3.63) is 95.7 Å². The molecule has 0 aliphatic rings. The zero-order valence-corrected chi connectivity index (χ0v) is 21.0. The van der Waals surface area contributed by atoms with Crippen LogP contribution in [0.4, 0.5) is 0 Å². The van der Waals surface area contributed by atoms with Gasteiger partial charge < -0.3 is 9.13 Å². The fourth-order valence-corrected chi connectivity index (χ4v) is 9.37. The van der Waals surface area contributed by atoms with Crippen LogP contribution in [0.15, 0.2) is 95.7 Å². The maximum Gasteiger partial charge on any atom is 0.0711 e. The third kappa shape index (κ3) is 2.59. The standard InChI is InChI=1S/C28H16N2S4/c1-3-7-17(8-4-1)29-19-11-13-31-25(19)27-21(29)15-23(33-27)24-16-22-28(34-24)26-20(12-14-32-26)30(22)18-9-5-2-6-10-18/h1-16H. The van der Waals surface area contributed by atoms with E-state index in [0.29, 0.717) is 0 Å². The summed E-state index contributed by atoms with van der Waals surface area (Å²) in [4.78, 5) is 2.69. The molecule has 0 aliphatic heterocycles. The Morgan fingerprint density at radius 3 is 1.32 bits per heavy atom. The van der Waals surface area contributed by atoms with Gasteiger partial charge in [-0.1, -0.05) is 36.4 Å². The Balaban J connectivity index is 1.38. The normalized spacial score (nSPS) is 12.1. The van der Waals surface area contributed by atoms with E-state index in [0.717, 1.165) is 0 Å². The van der Waals surface area contributed by atoms with Gasteiger partial charge in [-0.15, -0.1) is 45.3 Å². The van der Waals surface area contributed by atoms with Crippen LogP contribution >= 0.6 is 45.3 Å². The van der Waals surface area contributed by atoms with Crippen LogP contribution < -0.4 is 0 Å². The van der Waals surface area contributed by atoms with Crippen LogP contribution in [0, 0.1) is 0 Å². The third-order valence-electron chi connectivity index (χ3n) is 6.36. The number of hydrogen-bond acceptors (Lipinski definition) is 4. The molecule has 0 radical (unpaired) electrons. The number of thiophene rings is 4. The van der Waals surface area contributed by atoms with E-state index in [-0.39, 0.29) is 0 Å². The van der Waals surface area contributed by atoms with E-state index in [2.05, 4.69) is 105 Å². The van der Waals surface area contributed by atoms with Gasteiger partial charge in [0.25, 0.3) is 0 Å². The molecule has 6 aromatic heterocycles. The first-order chi connectivity index (χ1) is 16.9. The van der Waals surface area contributed by atoms with Gasteiger partial charge in [-0.05, 0) is 59.3 Å². The molecule has 6 heteroatoms. The van der Waals surface area contributed by atoms with E-state index in [1.54, 1.807) is 0 Å². The Morgan fingerprint density at radius 1 is 0.441 bits per heavy atom. The van der Waals surface area contributed by atoms with Crippen LogP contribution in [0.3, 0.4) is 0 Å². The topological polar surface area (TPSA) is 9.86 Å². The second kappa shape index (κ2) is 7.17. The molecule has 8 aromatic rings. The highest BCUT2D eigenvalue weighted by molar-refractivity contribution is 7.33. The molecular formula is C28H16N2S4. The average molecular weight is 509 g/mol. The van der Waals surface area contributed by atoms with Crippen molar-refractivity contribution in [3.63, 3.8) is 0 Å². The Hall–Kier alpha value is -3.16. The smallest absolute Gasteiger partial charge is 0.0711 e. The van der Waals surface area contributed by atoms with Crippen molar-refractivity contribution in [1.82, 2.24) is 9.13 Å². The monoisotopic (exact) mass is 508 g/mol. The zero-order valence-electron chi connectivity index (χ0n) is 17.8. The van der Waals surface area contributed by atoms with Gasteiger partial charge in [0.2, 0.25) is 0 Å². The molecule has 2 aromatic carbocycles. The lowest BCUT2D eigenvalue weighted by Gasteiger charge is -2.05. The SMILES string of the molecule is c1ccc(-n2c3ccsc3c3sc(-c4cc5c(s4)c4sccc4n5-c4ccccc4)cc32)cc1. The van der Waals surface area contributed by atoms with Crippen molar-refractivity contribution in [1.29, 1.82) is 0 Å². The number of nitrogens with zero attached hydrogens (tertiary/aromatic N) is 2. The summed E-state index contributed by atoms with van der Waals surface area (Å²) < 4.78 is 10.4. The molecule has 0 saturated heterocycles. The number of para-hydroxylation sites is 2. The van der Waals surface area contributed by atoms with Crippen molar-refractivity contribution >= 4 is 86.2 Å². The summed E-state index contributed by atoms with van der Waals surface area (Å²) in [5, 5.41) is 4.41. The van der Waals surface area contributed by atoms with Crippen LogP contribution in [0.25, 0.3) is 62.0 Å². The second-order valence-electron chi connectivity index (χ2n) is 8.26. The summed E-state index contributed by atoms with van der Waals surface area (Å²) in [6.45, 7) is 0. The first kappa shape index (κ1) is 19.2. The van der Waals surface area contributed by atoms with E-state index in [1.807, 2.05) is 45.3 Å². The molecule has 0 bridgehead atoms. The Bertz CT molecular complexity index is 1810. The summed E-state index contributed by atoms with van der Waals surface area (Å²) in [7, 11) is 0. The van der Waals surface area contributed by atoms with Gasteiger partial charge in [0.1, 0.15) is 0 Å². The summed E-state index contributed by atoms with van der Waals surface area (Å²) in [6, 6.07) is 30.7. The summed E-state index contributed by atoms with van der Waals surface area (Å²) in [5.74, 6) is 0. The minimum Gasteiger partial charge on any atom is -0.307 e. The number of aromatic nitrogens is 2. The highest BCUT2D eigenvalue weighted by Gasteiger charge is 2.21. The first-order valence-corrected chi connectivity index (χ1v) is 14.4. The molecule has 0 aliphatic carbocycles. The molecule has 6 heterocycles. The van der Waals surface area contributed by atoms with E-state index in [4.69, 9.17) is 0 Å². The van der Waals surface area contributed by atoms with E-state index < -0.39 is 0 Å². The molecule has 0 atom stereocenters. The van der Waals surface area contributed by atoms with Crippen molar-refractivity contribution in [2.24, 2.45) is 0 Å². The van der Waals surface area contributed by atoms with Gasteiger partial charge in [0.05, 0.1) is 40.9 Å². The third-order valence-corrected chi connectivity index (χ3v) is 10.9. The second-order valence-corrected chi connectivity index (χ2v) is 12.2. The quantitative estimate of drug-likeness (QED) is 0.225. The maximum absolute atomic E-state index is 2.41. The summed E-state index contributed by atoms with van der Waals surface area (Å²) in [6.07, 6.45) is 0. The van der Waals surface area contributed by atoms with Gasteiger partial charge >= 0.3 is 0 Å². The maximum atomic E-state index is 2.41. The number of fused-ring (bicyclic) bond motifs is 6. The summed E-state index contributed by atoms with van der Waals surface area (Å²) >= 11 is 7.53. The molecule has 34 heavy (non-hydrogen) atoms. The van der Waals surface area contributed by atoms with Crippen molar-refractivity contribution in [2.75, 3.05) is 0 Å². The van der Waals surface area contributed by atoms with Crippen molar-refractivity contribution in [2.45, 2.75) is 0 Å². The van der Waals surface area contributed by atoms with Crippen molar-refractivity contribution in [3.8, 4) is 21.1 Å². The number of rotatable bonds is 3. The molecular weight excluding hydrogens is 493 g/mol. The first-order valence-electron chi connectivity index (χ1n) is 11.0. The largest absolute Gasteiger partial charge is 0.307 e. The lowest BCUT2D eigenvalue weighted by atomic mass is 10.3. The predicted octanol–water partition coefficient (Wildman–Crippen LogP) is 9.79. The lowest BCUT2D eigenvalue weighted by Crippen LogP contribution is -1.91. The minimum atomic E-state index is 1.22. The van der Waals surface area contributed by atoms with Crippen LogP contribution in [0.5, 0.6) is 0 Å². The molecule has 8 rings (SSSR count). The Morgan fingerprint density at radius 2 is 0.882 bits per heavy atom. The molecule has 0 N–H and O–H groups in total. The molecule has 0 amide bonds. The fourth-order valence-electron chi connectivity index (χ4n) is 4.93. The van der Waals surface area contributed by atoms with Gasteiger partial charge in [0, 0.05) is 21.1 Å². The van der Waals surface area contributed by atoms with Gasteiger partial charge in [-0.3, -0.25) is 0 Å². The van der Waals surface area contributed by atoms with Crippen LogP contribution in [0.1, 0.15) is 0 Å². The van der Waals surface area contributed by atoms with E-state index in [1.165, 1.54) is 62.0 Å². The van der Waals surface area contributed by atoms with Crippen LogP contribution in [-0.2, 0) is 0 Å². The van der Waals surface area contributed by atoms with Crippen molar-refractivity contribution < 1.29 is 0 Å². The van der Waals surface area contributed by atoms with Gasteiger partial charge in [-0.25, -0.2) is 0 Å². The molecule has 0 spiro atoms. The minimum absolute atomic E-state index is 1.22. The molecule has 0 saturated carbocycles. The number of hydrogen-bond donors (Lipinski definition) is 0. The fraction of sp³-hybridized carbons (Fsp3) is 0. The lowest BCUT2D eigenvalue weighted by molar-refractivity contribution is 1.18. The van der Waals surface area contributed by atoms with Crippen LogP contribution in [0.2, 0.25) is 0 Å². The summed E-state index contributed by atoms with van der Waals surface area (Å²) in [5.41, 5.74) is 7.65. The predicted molar refractivity (Wildman–Crippen MR) is 152 cm³/mol. The highest BCUT2D eigenvalue weighted by atomic mass is 32.1. The van der Waals surface area contributed by atoms with Gasteiger partial charge in [-0.2, -0.15) is 0 Å². The average Bonchev–Trinajstić information content (AvgIpc) is 3.67. The van der Waals surface area contributed by atoms with E-state index in [9.17, 15) is 0 Å². The van der Waals surface area contributed by atoms with Crippen LogP contribution in [-0.4, -0.2) is 9.13 Å². The van der Waals surface area contributed by atoms with E-state index >= 15 is 0 Å².